The SMILES string of the molecule is CCCN(CCC)C(=O)c1ccnc(Nc2ccccc2CC)n1. The number of aromatic nitrogens is 2. The summed E-state index contributed by atoms with van der Waals surface area (Å²) >= 11 is 0. The zero-order valence-electron chi connectivity index (χ0n) is 14.7. The molecule has 24 heavy (non-hydrogen) atoms. The number of rotatable bonds is 8. The van der Waals surface area contributed by atoms with E-state index < -0.39 is 0 Å². The number of hydrogen-bond acceptors (Lipinski definition) is 4. The zero-order chi connectivity index (χ0) is 17.4. The highest BCUT2D eigenvalue weighted by atomic mass is 16.2. The minimum Gasteiger partial charge on any atom is -0.337 e. The van der Waals surface area contributed by atoms with Gasteiger partial charge in [0, 0.05) is 25.0 Å². The first-order valence-electron chi connectivity index (χ1n) is 8.66. The Bertz CT molecular complexity index is 666. The molecule has 2 rings (SSSR count). The predicted molar refractivity (Wildman–Crippen MR) is 97.6 cm³/mol. The van der Waals surface area contributed by atoms with Crippen molar-refractivity contribution in [2.75, 3.05) is 18.4 Å². The van der Waals surface area contributed by atoms with Gasteiger partial charge in [-0.25, -0.2) is 9.97 Å². The summed E-state index contributed by atoms with van der Waals surface area (Å²) in [6.07, 6.45) is 4.42. The summed E-state index contributed by atoms with van der Waals surface area (Å²) in [5.41, 5.74) is 2.60. The molecule has 1 aromatic heterocycles. The molecule has 0 saturated heterocycles. The average molecular weight is 326 g/mol. The van der Waals surface area contributed by atoms with E-state index in [1.807, 2.05) is 23.1 Å². The summed E-state index contributed by atoms with van der Waals surface area (Å²) in [6.45, 7) is 7.75. The number of nitrogens with one attached hydrogen (secondary N) is 1. The van der Waals surface area contributed by atoms with E-state index in [9.17, 15) is 4.79 Å². The Morgan fingerprint density at radius 1 is 1.08 bits per heavy atom. The summed E-state index contributed by atoms with van der Waals surface area (Å²) < 4.78 is 0. The fraction of sp³-hybridized carbons (Fsp3) is 0.421. The van der Waals surface area contributed by atoms with E-state index in [-0.39, 0.29) is 5.91 Å². The van der Waals surface area contributed by atoms with E-state index in [4.69, 9.17) is 0 Å². The average Bonchev–Trinajstić information content (AvgIpc) is 2.61. The van der Waals surface area contributed by atoms with Crippen LogP contribution in [0.25, 0.3) is 0 Å². The van der Waals surface area contributed by atoms with Crippen LogP contribution in [0.3, 0.4) is 0 Å². The Balaban J connectivity index is 2.20. The van der Waals surface area contributed by atoms with Crippen molar-refractivity contribution >= 4 is 17.5 Å². The number of para-hydroxylation sites is 1. The lowest BCUT2D eigenvalue weighted by atomic mass is 10.1. The summed E-state index contributed by atoms with van der Waals surface area (Å²) in [6, 6.07) is 9.73. The first-order valence-corrected chi connectivity index (χ1v) is 8.66. The molecular weight excluding hydrogens is 300 g/mol. The molecule has 1 aromatic carbocycles. The third kappa shape index (κ3) is 4.54. The Morgan fingerprint density at radius 3 is 2.46 bits per heavy atom. The Kier molecular flexibility index (Phi) is 6.73. The van der Waals surface area contributed by atoms with Crippen molar-refractivity contribution in [3.8, 4) is 0 Å². The summed E-state index contributed by atoms with van der Waals surface area (Å²) in [4.78, 5) is 23.2. The molecule has 0 aliphatic carbocycles. The molecule has 0 radical (unpaired) electrons. The minimum absolute atomic E-state index is 0.0343. The van der Waals surface area contributed by atoms with E-state index in [0.717, 1.165) is 38.0 Å². The highest BCUT2D eigenvalue weighted by Crippen LogP contribution is 2.19. The van der Waals surface area contributed by atoms with Crippen molar-refractivity contribution in [2.24, 2.45) is 0 Å². The van der Waals surface area contributed by atoms with Gasteiger partial charge in [0.15, 0.2) is 0 Å². The maximum atomic E-state index is 12.7. The normalized spacial score (nSPS) is 10.5. The summed E-state index contributed by atoms with van der Waals surface area (Å²) in [5, 5.41) is 3.23. The van der Waals surface area contributed by atoms with Gasteiger partial charge in [-0.05, 0) is 37.0 Å². The molecule has 1 N–H and O–H groups in total. The maximum absolute atomic E-state index is 12.7. The van der Waals surface area contributed by atoms with Crippen LogP contribution < -0.4 is 5.32 Å². The lowest BCUT2D eigenvalue weighted by Crippen LogP contribution is -2.33. The number of anilines is 2. The monoisotopic (exact) mass is 326 g/mol. The second-order valence-corrected chi connectivity index (χ2v) is 5.69. The summed E-state index contributed by atoms with van der Waals surface area (Å²) in [5.74, 6) is 0.419. The largest absolute Gasteiger partial charge is 0.337 e. The second kappa shape index (κ2) is 9.01. The number of aryl methyl sites for hydroxylation is 1. The molecule has 1 heterocycles. The van der Waals surface area contributed by atoms with Crippen molar-refractivity contribution in [3.63, 3.8) is 0 Å². The van der Waals surface area contributed by atoms with Crippen LogP contribution in [0, 0.1) is 0 Å². The molecule has 0 unspecified atom stereocenters. The van der Waals surface area contributed by atoms with Crippen LogP contribution in [0.4, 0.5) is 11.6 Å². The number of benzene rings is 1. The minimum atomic E-state index is -0.0343. The molecule has 5 nitrogen and oxygen atoms in total. The van der Waals surface area contributed by atoms with Crippen LogP contribution in [-0.4, -0.2) is 33.9 Å². The lowest BCUT2D eigenvalue weighted by molar-refractivity contribution is 0.0749. The molecule has 0 aliphatic rings. The van der Waals surface area contributed by atoms with Gasteiger partial charge in [0.25, 0.3) is 5.91 Å². The van der Waals surface area contributed by atoms with Gasteiger partial charge in [-0.1, -0.05) is 39.0 Å². The topological polar surface area (TPSA) is 58.1 Å². The molecule has 0 aliphatic heterocycles. The predicted octanol–water partition coefficient (Wildman–Crippen LogP) is 4.04. The van der Waals surface area contributed by atoms with Crippen LogP contribution in [0.15, 0.2) is 36.5 Å². The fourth-order valence-electron chi connectivity index (χ4n) is 2.63. The molecular formula is C19H26N4O. The molecule has 0 bridgehead atoms. The molecule has 0 atom stereocenters. The smallest absolute Gasteiger partial charge is 0.272 e. The molecule has 2 aromatic rings. The van der Waals surface area contributed by atoms with Gasteiger partial charge in [-0.3, -0.25) is 4.79 Å². The number of carbonyl (C=O) groups excluding carboxylic acids is 1. The van der Waals surface area contributed by atoms with Crippen LogP contribution in [0.5, 0.6) is 0 Å². The number of amides is 1. The molecule has 0 saturated carbocycles. The van der Waals surface area contributed by atoms with Crippen LogP contribution in [-0.2, 0) is 6.42 Å². The van der Waals surface area contributed by atoms with Crippen molar-refractivity contribution in [3.05, 3.63) is 47.8 Å². The Labute approximate surface area is 144 Å². The van der Waals surface area contributed by atoms with Gasteiger partial charge >= 0.3 is 0 Å². The van der Waals surface area contributed by atoms with E-state index >= 15 is 0 Å². The quantitative estimate of drug-likeness (QED) is 0.795. The molecule has 0 fully saturated rings. The van der Waals surface area contributed by atoms with Crippen molar-refractivity contribution < 1.29 is 4.79 Å². The van der Waals surface area contributed by atoms with Gasteiger partial charge in [0.05, 0.1) is 0 Å². The summed E-state index contributed by atoms with van der Waals surface area (Å²) in [7, 11) is 0. The van der Waals surface area contributed by atoms with Gasteiger partial charge in [0.2, 0.25) is 5.95 Å². The van der Waals surface area contributed by atoms with Gasteiger partial charge in [0.1, 0.15) is 5.69 Å². The molecule has 0 spiro atoms. The van der Waals surface area contributed by atoms with Crippen LogP contribution >= 0.6 is 0 Å². The highest BCUT2D eigenvalue weighted by Gasteiger charge is 2.16. The van der Waals surface area contributed by atoms with Gasteiger partial charge in [-0.2, -0.15) is 0 Å². The lowest BCUT2D eigenvalue weighted by Gasteiger charge is -2.21. The van der Waals surface area contributed by atoms with E-state index in [1.165, 1.54) is 5.56 Å². The molecule has 128 valence electrons. The maximum Gasteiger partial charge on any atom is 0.272 e. The van der Waals surface area contributed by atoms with Crippen molar-refractivity contribution in [1.82, 2.24) is 14.9 Å². The molecule has 5 heteroatoms. The van der Waals surface area contributed by atoms with Gasteiger partial charge in [-0.15, -0.1) is 0 Å². The molecule has 1 amide bonds. The van der Waals surface area contributed by atoms with Crippen molar-refractivity contribution in [1.29, 1.82) is 0 Å². The number of hydrogen-bond donors (Lipinski definition) is 1. The van der Waals surface area contributed by atoms with E-state index in [1.54, 1.807) is 12.3 Å². The first kappa shape index (κ1) is 17.9. The Morgan fingerprint density at radius 2 is 1.79 bits per heavy atom. The first-order chi connectivity index (χ1) is 11.7. The zero-order valence-corrected chi connectivity index (χ0v) is 14.7. The fourth-order valence-corrected chi connectivity index (χ4v) is 2.63. The van der Waals surface area contributed by atoms with E-state index in [2.05, 4.69) is 42.1 Å². The highest BCUT2D eigenvalue weighted by molar-refractivity contribution is 5.92. The third-order valence-corrected chi connectivity index (χ3v) is 3.79. The number of carbonyl (C=O) groups is 1. The third-order valence-electron chi connectivity index (χ3n) is 3.79. The van der Waals surface area contributed by atoms with Crippen LogP contribution in [0.1, 0.15) is 49.7 Å². The van der Waals surface area contributed by atoms with E-state index in [0.29, 0.717) is 11.6 Å². The second-order valence-electron chi connectivity index (χ2n) is 5.69. The van der Waals surface area contributed by atoms with Crippen molar-refractivity contribution in [2.45, 2.75) is 40.0 Å². The standard InChI is InChI=1S/C19H26N4O/c1-4-13-23(14-5-2)18(24)17-11-12-20-19(22-17)21-16-10-8-7-9-15(16)6-3/h7-12H,4-6,13-14H2,1-3H3,(H,20,21,22). The van der Waals surface area contributed by atoms with Gasteiger partial charge < -0.3 is 10.2 Å². The van der Waals surface area contributed by atoms with Crippen LogP contribution in [0.2, 0.25) is 0 Å². The Hall–Kier alpha value is -2.43. The number of nitrogens with zero attached hydrogens (tertiary/aromatic N) is 3.